The highest BCUT2D eigenvalue weighted by Gasteiger charge is 2.42. The van der Waals surface area contributed by atoms with Gasteiger partial charge in [0.2, 0.25) is 5.91 Å². The minimum atomic E-state index is -0.392. The van der Waals surface area contributed by atoms with Crippen molar-refractivity contribution in [3.63, 3.8) is 0 Å². The summed E-state index contributed by atoms with van der Waals surface area (Å²) in [6.45, 7) is 3.37. The fraction of sp³-hybridized carbons (Fsp3) is 0.632. The van der Waals surface area contributed by atoms with E-state index >= 15 is 0 Å². The number of nitrogens with two attached hydrogens (primary N) is 1. The Morgan fingerprint density at radius 2 is 1.88 bits per heavy atom. The molecule has 1 amide bonds. The quantitative estimate of drug-likeness (QED) is 0.915. The molecule has 0 saturated carbocycles. The van der Waals surface area contributed by atoms with E-state index in [2.05, 4.69) is 36.2 Å². The first kappa shape index (κ1) is 17.2. The zero-order valence-corrected chi connectivity index (χ0v) is 14.6. The number of carbonyl (C=O) groups is 1. The number of benzene rings is 1. The Morgan fingerprint density at radius 1 is 1.25 bits per heavy atom. The molecule has 1 aromatic rings. The molecule has 1 aromatic carbocycles. The molecule has 0 aromatic heterocycles. The van der Waals surface area contributed by atoms with Crippen LogP contribution in [0.3, 0.4) is 0 Å². The summed E-state index contributed by atoms with van der Waals surface area (Å²) in [6.07, 6.45) is 3.53. The van der Waals surface area contributed by atoms with E-state index in [-0.39, 0.29) is 5.91 Å². The third-order valence-electron chi connectivity index (χ3n) is 5.76. The number of hydrogen-bond acceptors (Lipinski definition) is 4. The van der Waals surface area contributed by atoms with Gasteiger partial charge in [-0.15, -0.1) is 0 Å². The molecule has 2 fully saturated rings. The van der Waals surface area contributed by atoms with E-state index in [0.717, 1.165) is 38.8 Å². The van der Waals surface area contributed by atoms with Crippen molar-refractivity contribution in [2.45, 2.75) is 31.7 Å². The van der Waals surface area contributed by atoms with Gasteiger partial charge in [0, 0.05) is 51.6 Å². The van der Waals surface area contributed by atoms with Crippen LogP contribution in [0.2, 0.25) is 0 Å². The van der Waals surface area contributed by atoms with E-state index in [1.165, 1.54) is 5.69 Å². The summed E-state index contributed by atoms with van der Waals surface area (Å²) in [6, 6.07) is 11.0. The SMILES string of the molecule is CN(c1ccccc1)C1CCN(C(=O)C2(CN)CCOCC2)CC1. The van der Waals surface area contributed by atoms with E-state index in [0.29, 0.717) is 25.8 Å². The molecule has 0 spiro atoms. The van der Waals surface area contributed by atoms with Crippen molar-refractivity contribution >= 4 is 11.6 Å². The number of nitrogens with zero attached hydrogens (tertiary/aromatic N) is 2. The van der Waals surface area contributed by atoms with Crippen LogP contribution < -0.4 is 10.6 Å². The first-order chi connectivity index (χ1) is 11.7. The van der Waals surface area contributed by atoms with Gasteiger partial charge in [-0.1, -0.05) is 18.2 Å². The predicted octanol–water partition coefficient (Wildman–Crippen LogP) is 1.87. The van der Waals surface area contributed by atoms with Crippen LogP contribution in [0.4, 0.5) is 5.69 Å². The molecule has 0 aliphatic carbocycles. The first-order valence-electron chi connectivity index (χ1n) is 9.01. The van der Waals surface area contributed by atoms with Crippen LogP contribution in [-0.4, -0.2) is 56.7 Å². The molecule has 2 aliphatic heterocycles. The molecule has 0 atom stereocenters. The van der Waals surface area contributed by atoms with Gasteiger partial charge in [-0.05, 0) is 37.8 Å². The lowest BCUT2D eigenvalue weighted by Gasteiger charge is -2.43. The van der Waals surface area contributed by atoms with Crippen LogP contribution in [0.5, 0.6) is 0 Å². The second kappa shape index (κ2) is 7.53. The number of likely N-dealkylation sites (tertiary alicyclic amines) is 1. The third-order valence-corrected chi connectivity index (χ3v) is 5.76. The summed E-state index contributed by atoms with van der Waals surface area (Å²) in [4.78, 5) is 17.4. The van der Waals surface area contributed by atoms with Gasteiger partial charge in [0.15, 0.2) is 0 Å². The Bertz CT molecular complexity index is 535. The van der Waals surface area contributed by atoms with Crippen molar-refractivity contribution in [3.05, 3.63) is 30.3 Å². The molecule has 24 heavy (non-hydrogen) atoms. The zero-order chi connectivity index (χ0) is 17.0. The molecule has 132 valence electrons. The van der Waals surface area contributed by atoms with Crippen LogP contribution in [0, 0.1) is 5.41 Å². The van der Waals surface area contributed by atoms with Crippen molar-refractivity contribution in [1.82, 2.24) is 4.90 Å². The zero-order valence-electron chi connectivity index (χ0n) is 14.6. The molecule has 0 unspecified atom stereocenters. The van der Waals surface area contributed by atoms with Gasteiger partial charge < -0.3 is 20.3 Å². The normalized spacial score (nSPS) is 21.5. The monoisotopic (exact) mass is 331 g/mol. The summed E-state index contributed by atoms with van der Waals surface area (Å²) >= 11 is 0. The van der Waals surface area contributed by atoms with Gasteiger partial charge in [-0.3, -0.25) is 4.79 Å². The van der Waals surface area contributed by atoms with Crippen molar-refractivity contribution < 1.29 is 9.53 Å². The summed E-state index contributed by atoms with van der Waals surface area (Å²) in [5.74, 6) is 0.245. The topological polar surface area (TPSA) is 58.8 Å². The van der Waals surface area contributed by atoms with Gasteiger partial charge in [0.05, 0.1) is 5.41 Å². The lowest BCUT2D eigenvalue weighted by molar-refractivity contribution is -0.148. The van der Waals surface area contributed by atoms with E-state index in [1.807, 2.05) is 11.0 Å². The van der Waals surface area contributed by atoms with Crippen LogP contribution >= 0.6 is 0 Å². The summed E-state index contributed by atoms with van der Waals surface area (Å²) in [5.41, 5.74) is 6.83. The molecule has 5 heteroatoms. The van der Waals surface area contributed by atoms with Crippen LogP contribution in [0.25, 0.3) is 0 Å². The second-order valence-electron chi connectivity index (χ2n) is 7.07. The Kier molecular flexibility index (Phi) is 5.41. The van der Waals surface area contributed by atoms with Crippen molar-refractivity contribution in [3.8, 4) is 0 Å². The maximum absolute atomic E-state index is 13.0. The Balaban J connectivity index is 1.59. The molecule has 5 nitrogen and oxygen atoms in total. The molecular formula is C19H29N3O2. The maximum Gasteiger partial charge on any atom is 0.230 e. The lowest BCUT2D eigenvalue weighted by Crippen LogP contribution is -2.54. The average molecular weight is 331 g/mol. The lowest BCUT2D eigenvalue weighted by atomic mass is 9.78. The molecule has 2 N–H and O–H groups in total. The number of hydrogen-bond donors (Lipinski definition) is 1. The first-order valence-corrected chi connectivity index (χ1v) is 9.01. The van der Waals surface area contributed by atoms with E-state index in [1.54, 1.807) is 0 Å². The highest BCUT2D eigenvalue weighted by molar-refractivity contribution is 5.83. The van der Waals surface area contributed by atoms with Gasteiger partial charge in [0.25, 0.3) is 0 Å². The molecule has 0 bridgehead atoms. The number of carbonyl (C=O) groups excluding carboxylic acids is 1. The van der Waals surface area contributed by atoms with Crippen LogP contribution in [0.1, 0.15) is 25.7 Å². The largest absolute Gasteiger partial charge is 0.381 e. The van der Waals surface area contributed by atoms with E-state index in [9.17, 15) is 4.79 Å². The van der Waals surface area contributed by atoms with Crippen LogP contribution in [-0.2, 0) is 9.53 Å². The second-order valence-corrected chi connectivity index (χ2v) is 7.07. The number of ether oxygens (including phenoxy) is 1. The molecule has 2 aliphatic rings. The highest BCUT2D eigenvalue weighted by Crippen LogP contribution is 2.33. The van der Waals surface area contributed by atoms with Gasteiger partial charge in [0.1, 0.15) is 0 Å². The minimum Gasteiger partial charge on any atom is -0.381 e. The molecule has 2 heterocycles. The highest BCUT2D eigenvalue weighted by atomic mass is 16.5. The van der Waals surface area contributed by atoms with E-state index < -0.39 is 5.41 Å². The van der Waals surface area contributed by atoms with Gasteiger partial charge in [-0.25, -0.2) is 0 Å². The molecule has 2 saturated heterocycles. The summed E-state index contributed by atoms with van der Waals surface area (Å²) in [7, 11) is 2.15. The summed E-state index contributed by atoms with van der Waals surface area (Å²) < 4.78 is 5.43. The number of rotatable bonds is 4. The minimum absolute atomic E-state index is 0.245. The predicted molar refractivity (Wildman–Crippen MR) is 96.0 cm³/mol. The number of para-hydroxylation sites is 1. The standard InChI is InChI=1S/C19H29N3O2/c1-21(16-5-3-2-4-6-16)17-7-11-22(12-8-17)18(23)19(15-20)9-13-24-14-10-19/h2-6,17H,7-15,20H2,1H3. The van der Waals surface area contributed by atoms with Crippen molar-refractivity contribution in [2.75, 3.05) is 44.8 Å². The summed E-state index contributed by atoms with van der Waals surface area (Å²) in [5, 5.41) is 0. The van der Waals surface area contributed by atoms with Crippen LogP contribution in [0.15, 0.2) is 30.3 Å². The molecule has 3 rings (SSSR count). The Labute approximate surface area is 144 Å². The maximum atomic E-state index is 13.0. The average Bonchev–Trinajstić information content (AvgIpc) is 2.68. The third kappa shape index (κ3) is 3.42. The van der Waals surface area contributed by atoms with Gasteiger partial charge in [-0.2, -0.15) is 0 Å². The number of anilines is 1. The Morgan fingerprint density at radius 3 is 2.46 bits per heavy atom. The van der Waals surface area contributed by atoms with E-state index in [4.69, 9.17) is 10.5 Å². The van der Waals surface area contributed by atoms with Crippen molar-refractivity contribution in [2.24, 2.45) is 11.1 Å². The number of amides is 1. The fourth-order valence-corrected chi connectivity index (χ4v) is 3.93. The van der Waals surface area contributed by atoms with Crippen molar-refractivity contribution in [1.29, 1.82) is 0 Å². The van der Waals surface area contributed by atoms with Gasteiger partial charge >= 0.3 is 0 Å². The number of piperidine rings is 1. The fourth-order valence-electron chi connectivity index (χ4n) is 3.93. The smallest absolute Gasteiger partial charge is 0.230 e. The molecule has 0 radical (unpaired) electrons. The Hall–Kier alpha value is -1.59. The molecular weight excluding hydrogens is 302 g/mol.